The maximum absolute atomic E-state index is 6.92. The molecular weight excluding hydrogens is 568 g/mol. The first-order chi connectivity index (χ1) is 20.3. The van der Waals surface area contributed by atoms with Crippen molar-refractivity contribution in [3.05, 3.63) is 51.3 Å². The van der Waals surface area contributed by atoms with Crippen molar-refractivity contribution in [1.82, 2.24) is 24.2 Å². The summed E-state index contributed by atoms with van der Waals surface area (Å²) < 4.78 is 15.0. The average Bonchev–Trinajstić information content (AvgIpc) is 3.78. The zero-order valence-corrected chi connectivity index (χ0v) is 30.6. The van der Waals surface area contributed by atoms with Gasteiger partial charge in [0, 0.05) is 41.5 Å². The maximum Gasteiger partial charge on any atom is 0.199 e. The second-order valence-corrected chi connectivity index (χ2v) is 17.2. The molecule has 0 bridgehead atoms. The van der Waals surface area contributed by atoms with Gasteiger partial charge in [-0.1, -0.05) is 60.1 Å². The second-order valence-electron chi connectivity index (χ2n) is 16.8. The van der Waals surface area contributed by atoms with E-state index in [1.807, 2.05) is 6.20 Å². The third-order valence-corrected chi connectivity index (χ3v) is 10.2. The lowest BCUT2D eigenvalue weighted by molar-refractivity contribution is -0.780. The Balaban J connectivity index is 1.58. The summed E-state index contributed by atoms with van der Waals surface area (Å²) in [5, 5.41) is 11.0. The van der Waals surface area contributed by atoms with Crippen molar-refractivity contribution in [3.63, 3.8) is 0 Å². The van der Waals surface area contributed by atoms with Crippen LogP contribution in [0.4, 0.5) is 0 Å². The summed E-state index contributed by atoms with van der Waals surface area (Å²) in [5.74, 6) is 1.04. The molecule has 3 aromatic heterocycles. The van der Waals surface area contributed by atoms with Gasteiger partial charge in [0.2, 0.25) is 0 Å². The molecule has 0 radical (unpaired) electrons. The van der Waals surface area contributed by atoms with Gasteiger partial charge < -0.3 is 4.74 Å². The van der Waals surface area contributed by atoms with Crippen LogP contribution in [0.2, 0.25) is 5.02 Å². The van der Waals surface area contributed by atoms with E-state index in [1.165, 1.54) is 41.1 Å². The van der Waals surface area contributed by atoms with Crippen molar-refractivity contribution in [1.29, 1.82) is 0 Å². The zero-order chi connectivity index (χ0) is 32.6. The Labute approximate surface area is 271 Å². The SMILES string of the molecule is COCC1(n2ncc(Cl)c2C(C)(C)Cc2nn(C(C)C)c(C(C)(C)C[n+]3cc(C(C)C)c(C(C)(C)C)n3C)c2C2CC2)CC1. The van der Waals surface area contributed by atoms with E-state index in [0.29, 0.717) is 18.4 Å². The fourth-order valence-corrected chi connectivity index (χ4v) is 8.08. The summed E-state index contributed by atoms with van der Waals surface area (Å²) in [7, 11) is 4.02. The van der Waals surface area contributed by atoms with Gasteiger partial charge in [0.1, 0.15) is 0 Å². The standard InChI is InChI=1S/C36H58ClN6O/c1-23(2)26-20-41(40(12)30(26)33(5,6)7)21-35(10,11)32-29(25-14-15-25)28(39-42(32)24(3)4)18-34(8,9)31-27(37)19-38-43(31)36(16-17-36)22-44-13/h19-20,23-25H,14-18,21-22H2,1-13H3/q+1. The van der Waals surface area contributed by atoms with Crippen molar-refractivity contribution < 1.29 is 9.42 Å². The summed E-state index contributed by atoms with van der Waals surface area (Å²) in [6, 6.07) is 0.263. The van der Waals surface area contributed by atoms with Crippen molar-refractivity contribution in [2.75, 3.05) is 13.7 Å². The molecule has 0 N–H and O–H groups in total. The number of nitrogens with zero attached hydrogens (tertiary/aromatic N) is 6. The summed E-state index contributed by atoms with van der Waals surface area (Å²) in [4.78, 5) is 0. The minimum absolute atomic E-state index is 0.0669. The van der Waals surface area contributed by atoms with Gasteiger partial charge in [-0.15, -0.1) is 4.68 Å². The molecule has 0 saturated heterocycles. The van der Waals surface area contributed by atoms with Crippen molar-refractivity contribution in [2.45, 2.75) is 154 Å². The predicted molar refractivity (Wildman–Crippen MR) is 179 cm³/mol. The lowest BCUT2D eigenvalue weighted by Crippen LogP contribution is -2.50. The van der Waals surface area contributed by atoms with Crippen LogP contribution in [0.5, 0.6) is 0 Å². The minimum Gasteiger partial charge on any atom is -0.382 e. The van der Waals surface area contributed by atoms with Crippen LogP contribution in [-0.2, 0) is 46.5 Å². The highest BCUT2D eigenvalue weighted by Crippen LogP contribution is 2.50. The number of aromatic nitrogens is 6. The number of rotatable bonds is 12. The van der Waals surface area contributed by atoms with E-state index in [2.05, 4.69) is 108 Å². The molecule has 8 heteroatoms. The molecule has 2 saturated carbocycles. The molecule has 244 valence electrons. The highest BCUT2D eigenvalue weighted by Gasteiger charge is 2.50. The quantitative estimate of drug-likeness (QED) is 0.192. The monoisotopic (exact) mass is 625 g/mol. The number of methoxy groups -OCH3 is 1. The summed E-state index contributed by atoms with van der Waals surface area (Å²) >= 11 is 6.92. The van der Waals surface area contributed by atoms with Crippen molar-refractivity contribution in [2.24, 2.45) is 7.05 Å². The highest BCUT2D eigenvalue weighted by molar-refractivity contribution is 6.31. The molecule has 0 spiro atoms. The molecule has 3 heterocycles. The first-order valence-corrected chi connectivity index (χ1v) is 17.2. The topological polar surface area (TPSA) is 53.7 Å². The molecule has 7 nitrogen and oxygen atoms in total. The van der Waals surface area contributed by atoms with Crippen LogP contribution in [0.15, 0.2) is 12.4 Å². The summed E-state index contributed by atoms with van der Waals surface area (Å²) in [5.41, 5.74) is 7.67. The van der Waals surface area contributed by atoms with Crippen LogP contribution in [0.3, 0.4) is 0 Å². The Morgan fingerprint density at radius 1 is 1.00 bits per heavy atom. The molecule has 44 heavy (non-hydrogen) atoms. The van der Waals surface area contributed by atoms with Gasteiger partial charge >= 0.3 is 0 Å². The predicted octanol–water partition coefficient (Wildman–Crippen LogP) is 7.87. The number of hydrogen-bond acceptors (Lipinski definition) is 3. The Kier molecular flexibility index (Phi) is 8.53. The molecule has 0 atom stereocenters. The summed E-state index contributed by atoms with van der Waals surface area (Å²) in [6.45, 7) is 27.2. The minimum atomic E-state index is -0.251. The van der Waals surface area contributed by atoms with Crippen LogP contribution in [0.25, 0.3) is 0 Å². The smallest absolute Gasteiger partial charge is 0.199 e. The summed E-state index contributed by atoms with van der Waals surface area (Å²) in [6.07, 6.45) is 9.66. The third-order valence-electron chi connectivity index (χ3n) is 9.96. The molecule has 0 amide bonds. The molecule has 2 aliphatic carbocycles. The molecule has 2 aliphatic rings. The zero-order valence-electron chi connectivity index (χ0n) is 29.8. The Morgan fingerprint density at radius 3 is 2.11 bits per heavy atom. The first-order valence-electron chi connectivity index (χ1n) is 16.8. The van der Waals surface area contributed by atoms with E-state index in [9.17, 15) is 0 Å². The van der Waals surface area contributed by atoms with Gasteiger partial charge in [0.05, 0.1) is 58.6 Å². The van der Waals surface area contributed by atoms with Gasteiger partial charge in [0.15, 0.2) is 12.7 Å². The van der Waals surface area contributed by atoms with Gasteiger partial charge in [-0.25, -0.2) is 0 Å². The average molecular weight is 626 g/mol. The number of halogens is 1. The van der Waals surface area contributed by atoms with E-state index in [0.717, 1.165) is 36.5 Å². The van der Waals surface area contributed by atoms with E-state index < -0.39 is 0 Å². The maximum atomic E-state index is 6.92. The lowest BCUT2D eigenvalue weighted by atomic mass is 9.79. The third kappa shape index (κ3) is 5.92. The fourth-order valence-electron chi connectivity index (χ4n) is 7.70. The molecule has 2 fully saturated rings. The van der Waals surface area contributed by atoms with E-state index in [1.54, 1.807) is 7.11 Å². The molecule has 5 rings (SSSR count). The van der Waals surface area contributed by atoms with E-state index >= 15 is 0 Å². The van der Waals surface area contributed by atoms with Crippen LogP contribution < -0.4 is 4.68 Å². The first kappa shape index (κ1) is 33.2. The Morgan fingerprint density at radius 2 is 1.64 bits per heavy atom. The number of ether oxygens (including phenoxy) is 1. The van der Waals surface area contributed by atoms with Crippen LogP contribution in [-0.4, -0.2) is 38.0 Å². The lowest BCUT2D eigenvalue weighted by Gasteiger charge is -2.30. The van der Waals surface area contributed by atoms with Crippen molar-refractivity contribution in [3.8, 4) is 0 Å². The Hall–Kier alpha value is -2.12. The second kappa shape index (κ2) is 11.3. The normalized spacial score (nSPS) is 17.4. The largest absolute Gasteiger partial charge is 0.382 e. The highest BCUT2D eigenvalue weighted by atomic mass is 35.5. The fraction of sp³-hybridized carbons (Fsp3) is 0.750. The van der Waals surface area contributed by atoms with Crippen LogP contribution in [0, 0.1) is 0 Å². The molecule has 3 aromatic rings. The van der Waals surface area contributed by atoms with Crippen LogP contribution in [0.1, 0.15) is 154 Å². The van der Waals surface area contributed by atoms with Gasteiger partial charge in [-0.05, 0) is 65.2 Å². The van der Waals surface area contributed by atoms with E-state index in [-0.39, 0.29) is 27.8 Å². The van der Waals surface area contributed by atoms with Gasteiger partial charge in [0.25, 0.3) is 0 Å². The molecule has 0 aliphatic heterocycles. The van der Waals surface area contributed by atoms with Gasteiger partial charge in [-0.2, -0.15) is 14.9 Å². The van der Waals surface area contributed by atoms with Crippen LogP contribution >= 0.6 is 11.6 Å². The Bertz CT molecular complexity index is 1500. The molecular formula is C36H58ClN6O+. The van der Waals surface area contributed by atoms with Crippen molar-refractivity contribution >= 4 is 11.6 Å². The van der Waals surface area contributed by atoms with E-state index in [4.69, 9.17) is 26.5 Å². The van der Waals surface area contributed by atoms with Gasteiger partial charge in [-0.3, -0.25) is 9.36 Å². The number of hydrogen-bond donors (Lipinski definition) is 0. The molecule has 0 aromatic carbocycles. The molecule has 0 unspecified atom stereocenters.